The second kappa shape index (κ2) is 5.19. The lowest BCUT2D eigenvalue weighted by Gasteiger charge is -2.47. The van der Waals surface area contributed by atoms with Crippen LogP contribution < -0.4 is 4.90 Å². The van der Waals surface area contributed by atoms with Crippen LogP contribution in [-0.2, 0) is 0 Å². The summed E-state index contributed by atoms with van der Waals surface area (Å²) >= 11 is 9.36. The van der Waals surface area contributed by atoms with Gasteiger partial charge >= 0.3 is 0 Å². The zero-order valence-corrected chi connectivity index (χ0v) is 13.0. The minimum atomic E-state index is -0.460. The van der Waals surface area contributed by atoms with Crippen LogP contribution in [0.4, 0.5) is 5.82 Å². The van der Waals surface area contributed by atoms with E-state index in [1.807, 2.05) is 0 Å². The Morgan fingerprint density at radius 1 is 1.42 bits per heavy atom. The number of piperidine rings is 1. The zero-order chi connectivity index (χ0) is 13.5. The molecular weight excluding hydrogens is 330 g/mol. The number of rotatable bonds is 1. The molecule has 2 aliphatic rings. The van der Waals surface area contributed by atoms with Gasteiger partial charge in [0.15, 0.2) is 0 Å². The standard InChI is InChI=1S/C13H17BrClN3O/c14-10-7-16-12(15)17-11(10)18-6-5-13(19)4-2-1-3-9(13)8-18/h7,9,19H,1-6,8H2. The topological polar surface area (TPSA) is 49.2 Å². The van der Waals surface area contributed by atoms with Crippen LogP contribution in [0, 0.1) is 5.92 Å². The van der Waals surface area contributed by atoms with E-state index in [1.165, 1.54) is 6.42 Å². The first-order valence-electron chi connectivity index (χ1n) is 6.74. The Balaban J connectivity index is 1.82. The molecule has 1 N–H and O–H groups in total. The van der Waals surface area contributed by atoms with E-state index in [1.54, 1.807) is 6.20 Å². The minimum absolute atomic E-state index is 0.266. The summed E-state index contributed by atoms with van der Waals surface area (Å²) < 4.78 is 0.859. The van der Waals surface area contributed by atoms with Crippen LogP contribution >= 0.6 is 27.5 Å². The maximum atomic E-state index is 10.7. The van der Waals surface area contributed by atoms with Crippen LogP contribution in [0.15, 0.2) is 10.7 Å². The van der Waals surface area contributed by atoms with Crippen molar-refractivity contribution in [3.8, 4) is 0 Å². The molecular formula is C13H17BrClN3O. The van der Waals surface area contributed by atoms with E-state index in [0.717, 1.165) is 49.1 Å². The van der Waals surface area contributed by atoms with Crippen molar-refractivity contribution in [3.63, 3.8) is 0 Å². The van der Waals surface area contributed by atoms with Gasteiger partial charge in [-0.3, -0.25) is 0 Å². The van der Waals surface area contributed by atoms with Crippen LogP contribution in [0.1, 0.15) is 32.1 Å². The summed E-state index contributed by atoms with van der Waals surface area (Å²) in [4.78, 5) is 10.5. The number of nitrogens with zero attached hydrogens (tertiary/aromatic N) is 3. The van der Waals surface area contributed by atoms with E-state index in [2.05, 4.69) is 30.8 Å². The molecule has 0 spiro atoms. The van der Waals surface area contributed by atoms with Crippen LogP contribution in [0.25, 0.3) is 0 Å². The predicted octanol–water partition coefficient (Wildman–Crippen LogP) is 3.02. The largest absolute Gasteiger partial charge is 0.389 e. The fourth-order valence-corrected chi connectivity index (χ4v) is 3.89. The summed E-state index contributed by atoms with van der Waals surface area (Å²) in [6.07, 6.45) is 6.90. The molecule has 1 aromatic heterocycles. The van der Waals surface area contributed by atoms with E-state index >= 15 is 0 Å². The van der Waals surface area contributed by atoms with Gasteiger partial charge in [-0.2, -0.15) is 4.98 Å². The first kappa shape index (κ1) is 13.6. The summed E-state index contributed by atoms with van der Waals surface area (Å²) in [5, 5.41) is 10.9. The average molecular weight is 347 g/mol. The van der Waals surface area contributed by atoms with Gasteiger partial charge < -0.3 is 10.0 Å². The lowest BCUT2D eigenvalue weighted by atomic mass is 9.71. The van der Waals surface area contributed by atoms with Gasteiger partial charge in [0.2, 0.25) is 5.28 Å². The third-order valence-corrected chi connectivity index (χ3v) is 5.16. The normalized spacial score (nSPS) is 31.1. The lowest BCUT2D eigenvalue weighted by molar-refractivity contribution is -0.0613. The van der Waals surface area contributed by atoms with Gasteiger partial charge in [0.25, 0.3) is 0 Å². The van der Waals surface area contributed by atoms with E-state index in [-0.39, 0.29) is 5.28 Å². The molecule has 0 aromatic carbocycles. The highest BCUT2D eigenvalue weighted by atomic mass is 79.9. The second-order valence-electron chi connectivity index (χ2n) is 5.55. The van der Waals surface area contributed by atoms with E-state index < -0.39 is 5.60 Å². The van der Waals surface area contributed by atoms with Crippen molar-refractivity contribution in [1.29, 1.82) is 0 Å². The number of hydrogen-bond donors (Lipinski definition) is 1. The van der Waals surface area contributed by atoms with E-state index in [4.69, 9.17) is 11.6 Å². The quantitative estimate of drug-likeness (QED) is 0.794. The second-order valence-corrected chi connectivity index (χ2v) is 6.75. The molecule has 2 heterocycles. The molecule has 3 rings (SSSR count). The van der Waals surface area contributed by atoms with E-state index in [0.29, 0.717) is 5.92 Å². The van der Waals surface area contributed by atoms with Crippen LogP contribution in [-0.4, -0.2) is 33.8 Å². The maximum absolute atomic E-state index is 10.7. The third-order valence-electron chi connectivity index (χ3n) is 4.42. The molecule has 2 fully saturated rings. The number of hydrogen-bond acceptors (Lipinski definition) is 4. The Morgan fingerprint density at radius 3 is 3.11 bits per heavy atom. The summed E-state index contributed by atoms with van der Waals surface area (Å²) in [5.74, 6) is 1.18. The van der Waals surface area contributed by atoms with Gasteiger partial charge in [0, 0.05) is 25.2 Å². The van der Waals surface area contributed by atoms with Gasteiger partial charge in [-0.05, 0) is 46.8 Å². The van der Waals surface area contributed by atoms with Crippen molar-refractivity contribution in [1.82, 2.24) is 9.97 Å². The number of fused-ring (bicyclic) bond motifs is 1. The minimum Gasteiger partial charge on any atom is -0.389 e. The molecule has 0 bridgehead atoms. The molecule has 104 valence electrons. The highest BCUT2D eigenvalue weighted by Gasteiger charge is 2.43. The molecule has 4 nitrogen and oxygen atoms in total. The van der Waals surface area contributed by atoms with Gasteiger partial charge in [-0.15, -0.1) is 0 Å². The molecule has 2 atom stereocenters. The summed E-state index contributed by atoms with van der Waals surface area (Å²) in [5.41, 5.74) is -0.460. The Bertz CT molecular complexity index is 487. The molecule has 19 heavy (non-hydrogen) atoms. The van der Waals surface area contributed by atoms with Gasteiger partial charge in [0.05, 0.1) is 10.1 Å². The van der Waals surface area contributed by atoms with Crippen molar-refractivity contribution >= 4 is 33.3 Å². The van der Waals surface area contributed by atoms with Crippen LogP contribution in [0.5, 0.6) is 0 Å². The number of anilines is 1. The molecule has 0 amide bonds. The highest BCUT2D eigenvalue weighted by Crippen LogP contribution is 2.41. The van der Waals surface area contributed by atoms with Gasteiger partial charge in [-0.1, -0.05) is 12.8 Å². The number of halogens is 2. The van der Waals surface area contributed by atoms with Crippen molar-refractivity contribution in [3.05, 3.63) is 16.0 Å². The fourth-order valence-electron chi connectivity index (χ4n) is 3.32. The Morgan fingerprint density at radius 2 is 2.26 bits per heavy atom. The smallest absolute Gasteiger partial charge is 0.224 e. The Labute approximate surface area is 126 Å². The Kier molecular flexibility index (Phi) is 3.71. The molecule has 1 saturated carbocycles. The first-order valence-corrected chi connectivity index (χ1v) is 7.91. The maximum Gasteiger partial charge on any atom is 0.224 e. The molecule has 1 aliphatic heterocycles. The van der Waals surface area contributed by atoms with Crippen LogP contribution in [0.3, 0.4) is 0 Å². The summed E-state index contributed by atoms with van der Waals surface area (Å²) in [7, 11) is 0. The summed E-state index contributed by atoms with van der Waals surface area (Å²) in [6.45, 7) is 1.67. The van der Waals surface area contributed by atoms with E-state index in [9.17, 15) is 5.11 Å². The predicted molar refractivity (Wildman–Crippen MR) is 78.5 cm³/mol. The SMILES string of the molecule is OC12CCCCC1CN(c1nc(Cl)ncc1Br)CC2. The van der Waals surface area contributed by atoms with Crippen molar-refractivity contribution < 1.29 is 5.11 Å². The fraction of sp³-hybridized carbons (Fsp3) is 0.692. The lowest BCUT2D eigenvalue weighted by Crippen LogP contribution is -2.53. The van der Waals surface area contributed by atoms with Crippen LogP contribution in [0.2, 0.25) is 5.28 Å². The molecule has 2 unspecified atom stereocenters. The highest BCUT2D eigenvalue weighted by molar-refractivity contribution is 9.10. The first-order chi connectivity index (χ1) is 9.08. The van der Waals surface area contributed by atoms with Crippen molar-refractivity contribution in [2.24, 2.45) is 5.92 Å². The summed E-state index contributed by atoms with van der Waals surface area (Å²) in [6, 6.07) is 0. The zero-order valence-electron chi connectivity index (χ0n) is 10.6. The Hall–Kier alpha value is -0.390. The molecule has 1 aromatic rings. The number of aromatic nitrogens is 2. The number of aliphatic hydroxyl groups is 1. The molecule has 1 aliphatic carbocycles. The molecule has 6 heteroatoms. The van der Waals surface area contributed by atoms with Crippen molar-refractivity contribution in [2.75, 3.05) is 18.0 Å². The molecule has 0 radical (unpaired) electrons. The molecule has 1 saturated heterocycles. The third kappa shape index (κ3) is 2.60. The van der Waals surface area contributed by atoms with Gasteiger partial charge in [0.1, 0.15) is 5.82 Å². The average Bonchev–Trinajstić information content (AvgIpc) is 2.40. The monoisotopic (exact) mass is 345 g/mol. The van der Waals surface area contributed by atoms with Gasteiger partial charge in [-0.25, -0.2) is 4.98 Å². The van der Waals surface area contributed by atoms with Crippen molar-refractivity contribution in [2.45, 2.75) is 37.7 Å².